The maximum atomic E-state index is 12.9. The topological polar surface area (TPSA) is 74.7 Å². The van der Waals surface area contributed by atoms with E-state index in [1.54, 1.807) is 6.07 Å². The predicted octanol–water partition coefficient (Wildman–Crippen LogP) is 2.12. The van der Waals surface area contributed by atoms with Gasteiger partial charge in [0, 0.05) is 5.56 Å². The van der Waals surface area contributed by atoms with Gasteiger partial charge in [0.2, 0.25) is 0 Å². The average Bonchev–Trinajstić information content (AvgIpc) is 2.77. The summed E-state index contributed by atoms with van der Waals surface area (Å²) < 4.78 is 62.1. The Bertz CT molecular complexity index is 912. The van der Waals surface area contributed by atoms with Gasteiger partial charge in [-0.15, -0.1) is 0 Å². The van der Waals surface area contributed by atoms with Crippen LogP contribution in [0.25, 0.3) is 0 Å². The van der Waals surface area contributed by atoms with Gasteiger partial charge in [-0.3, -0.25) is 4.79 Å². The minimum Gasteiger partial charge on any atom is -0.372 e. The van der Waals surface area contributed by atoms with E-state index < -0.39 is 32.7 Å². The Kier molecular flexibility index (Phi) is 3.47. The van der Waals surface area contributed by atoms with E-state index in [4.69, 9.17) is 0 Å². The van der Waals surface area contributed by atoms with Crippen LogP contribution in [0.2, 0.25) is 0 Å². The first-order valence-corrected chi connectivity index (χ1v) is 8.09. The van der Waals surface area contributed by atoms with Gasteiger partial charge in [0.15, 0.2) is 5.60 Å². The van der Waals surface area contributed by atoms with Crippen molar-refractivity contribution in [1.29, 1.82) is 0 Å². The lowest BCUT2D eigenvalue weighted by Crippen LogP contribution is -2.48. The summed E-state index contributed by atoms with van der Waals surface area (Å²) in [5, 5.41) is 10.9. The number of sulfonamides is 1. The minimum atomic E-state index is -5.99. The minimum absolute atomic E-state index is 0.0256. The average molecular weight is 357 g/mol. The molecule has 1 atom stereocenters. The number of para-hydroxylation sites is 1. The van der Waals surface area contributed by atoms with Crippen LogP contribution in [-0.2, 0) is 20.4 Å². The Hall–Kier alpha value is -2.39. The maximum Gasteiger partial charge on any atom is 0.517 e. The molecule has 0 unspecified atom stereocenters. The van der Waals surface area contributed by atoms with E-state index in [1.807, 2.05) is 0 Å². The summed E-state index contributed by atoms with van der Waals surface area (Å²) in [5.74, 6) is -1.59. The molecular formula is C15H10F3NO4S. The van der Waals surface area contributed by atoms with Gasteiger partial charge >= 0.3 is 15.5 Å². The molecule has 2 aromatic rings. The molecule has 0 spiro atoms. The Morgan fingerprint density at radius 1 is 0.958 bits per heavy atom. The van der Waals surface area contributed by atoms with Gasteiger partial charge in [0.25, 0.3) is 5.91 Å². The lowest BCUT2D eigenvalue weighted by atomic mass is 9.88. The van der Waals surface area contributed by atoms with E-state index in [1.165, 1.54) is 42.5 Å². The van der Waals surface area contributed by atoms with E-state index in [9.17, 15) is 31.5 Å². The van der Waals surface area contributed by atoms with Crippen LogP contribution in [0.15, 0.2) is 54.6 Å². The Morgan fingerprint density at radius 2 is 1.50 bits per heavy atom. The van der Waals surface area contributed by atoms with Crippen molar-refractivity contribution in [3.8, 4) is 0 Å². The molecule has 1 heterocycles. The lowest BCUT2D eigenvalue weighted by molar-refractivity contribution is -0.131. The number of amides is 1. The molecule has 0 saturated carbocycles. The molecule has 2 aromatic carbocycles. The third-order valence-electron chi connectivity index (χ3n) is 3.73. The monoisotopic (exact) mass is 357 g/mol. The quantitative estimate of drug-likeness (QED) is 0.893. The first-order valence-electron chi connectivity index (χ1n) is 6.65. The molecule has 1 aliphatic heterocycles. The smallest absolute Gasteiger partial charge is 0.372 e. The van der Waals surface area contributed by atoms with Crippen LogP contribution in [-0.4, -0.2) is 24.9 Å². The Morgan fingerprint density at radius 3 is 2.08 bits per heavy atom. The highest BCUT2D eigenvalue weighted by atomic mass is 32.2. The van der Waals surface area contributed by atoms with Crippen molar-refractivity contribution in [2.75, 3.05) is 4.31 Å². The number of halogens is 3. The number of aliphatic hydroxyl groups is 1. The first-order chi connectivity index (χ1) is 11.1. The normalized spacial score (nSPS) is 21.0. The van der Waals surface area contributed by atoms with Crippen LogP contribution in [0.5, 0.6) is 0 Å². The van der Waals surface area contributed by atoms with Gasteiger partial charge in [-0.1, -0.05) is 48.5 Å². The molecule has 126 valence electrons. The number of nitrogens with zero attached hydrogens (tertiary/aromatic N) is 1. The van der Waals surface area contributed by atoms with Gasteiger partial charge in [0.1, 0.15) is 0 Å². The van der Waals surface area contributed by atoms with Gasteiger partial charge in [-0.2, -0.15) is 25.9 Å². The number of benzene rings is 2. The molecule has 1 N–H and O–H groups in total. The SMILES string of the molecule is O=C1N(S(=O)(=O)C(F)(F)F)c2ccccc2[C@]1(O)c1ccccc1. The van der Waals surface area contributed by atoms with Gasteiger partial charge < -0.3 is 5.11 Å². The first kappa shape index (κ1) is 16.5. The molecule has 1 aliphatic rings. The van der Waals surface area contributed by atoms with Crippen LogP contribution < -0.4 is 4.31 Å². The standard InChI is InChI=1S/C15H10F3NO4S/c16-15(17,18)24(22,23)19-12-9-5-4-8-11(12)14(21,13(19)20)10-6-2-1-3-7-10/h1-9,21H/t14-/m1/s1. The molecule has 0 aromatic heterocycles. The zero-order valence-corrected chi connectivity index (χ0v) is 12.7. The largest absolute Gasteiger partial charge is 0.517 e. The molecule has 0 radical (unpaired) electrons. The number of rotatable bonds is 2. The van der Waals surface area contributed by atoms with Crippen LogP contribution >= 0.6 is 0 Å². The van der Waals surface area contributed by atoms with Crippen molar-refractivity contribution in [3.05, 3.63) is 65.7 Å². The Labute approximate surface area is 135 Å². The maximum absolute atomic E-state index is 12.9. The second-order valence-corrected chi connectivity index (χ2v) is 6.89. The van der Waals surface area contributed by atoms with Gasteiger partial charge in [-0.05, 0) is 11.6 Å². The summed E-state index contributed by atoms with van der Waals surface area (Å²) in [6.45, 7) is 0. The molecule has 0 aliphatic carbocycles. The van der Waals surface area contributed by atoms with Crippen LogP contribution in [0.3, 0.4) is 0 Å². The zero-order chi connectivity index (χ0) is 17.8. The van der Waals surface area contributed by atoms with Crippen LogP contribution in [0.4, 0.5) is 18.9 Å². The summed E-state index contributed by atoms with van der Waals surface area (Å²) in [5.41, 5.74) is -8.98. The molecule has 0 bridgehead atoms. The molecule has 24 heavy (non-hydrogen) atoms. The van der Waals surface area contributed by atoms with Crippen molar-refractivity contribution < 1.29 is 31.5 Å². The fourth-order valence-electron chi connectivity index (χ4n) is 2.63. The van der Waals surface area contributed by atoms with E-state index in [0.29, 0.717) is 0 Å². The van der Waals surface area contributed by atoms with Crippen molar-refractivity contribution >= 4 is 21.6 Å². The molecule has 0 saturated heterocycles. The van der Waals surface area contributed by atoms with Gasteiger partial charge in [0.05, 0.1) is 5.69 Å². The van der Waals surface area contributed by atoms with Gasteiger partial charge in [-0.25, -0.2) is 0 Å². The fourth-order valence-corrected chi connectivity index (χ4v) is 3.60. The molecule has 5 nitrogen and oxygen atoms in total. The molecular weight excluding hydrogens is 347 g/mol. The molecule has 0 fully saturated rings. The highest BCUT2D eigenvalue weighted by molar-refractivity contribution is 7.94. The van der Waals surface area contributed by atoms with Crippen molar-refractivity contribution in [1.82, 2.24) is 0 Å². The second kappa shape index (κ2) is 5.05. The highest BCUT2D eigenvalue weighted by Crippen LogP contribution is 2.47. The summed E-state index contributed by atoms with van der Waals surface area (Å²) >= 11 is 0. The van der Waals surface area contributed by atoms with Crippen molar-refractivity contribution in [2.24, 2.45) is 0 Å². The van der Waals surface area contributed by atoms with E-state index >= 15 is 0 Å². The number of hydrogen-bond donors (Lipinski definition) is 1. The van der Waals surface area contributed by atoms with Crippen LogP contribution in [0.1, 0.15) is 11.1 Å². The lowest BCUT2D eigenvalue weighted by Gasteiger charge is -2.23. The predicted molar refractivity (Wildman–Crippen MR) is 78.3 cm³/mol. The molecule has 9 heteroatoms. The third kappa shape index (κ3) is 2.05. The number of carbonyl (C=O) groups is 1. The number of fused-ring (bicyclic) bond motifs is 1. The van der Waals surface area contributed by atoms with E-state index in [-0.39, 0.29) is 15.4 Å². The zero-order valence-electron chi connectivity index (χ0n) is 11.9. The summed E-state index contributed by atoms with van der Waals surface area (Å²) in [7, 11) is -5.99. The van der Waals surface area contributed by atoms with Crippen LogP contribution in [0, 0.1) is 0 Å². The number of carbonyl (C=O) groups excluding carboxylic acids is 1. The molecule has 1 amide bonds. The highest BCUT2D eigenvalue weighted by Gasteiger charge is 2.61. The van der Waals surface area contributed by atoms with Crippen molar-refractivity contribution in [3.63, 3.8) is 0 Å². The summed E-state index contributed by atoms with van der Waals surface area (Å²) in [6, 6.07) is 12.1. The second-order valence-electron chi connectivity index (χ2n) is 5.11. The summed E-state index contributed by atoms with van der Waals surface area (Å²) in [6.07, 6.45) is 0. The number of anilines is 1. The fraction of sp³-hybridized carbons (Fsp3) is 0.133. The Balaban J connectivity index is 2.30. The van der Waals surface area contributed by atoms with Crippen molar-refractivity contribution in [2.45, 2.75) is 11.1 Å². The van der Waals surface area contributed by atoms with E-state index in [2.05, 4.69) is 0 Å². The summed E-state index contributed by atoms with van der Waals surface area (Å²) in [4.78, 5) is 12.6. The number of hydrogen-bond acceptors (Lipinski definition) is 4. The number of alkyl halides is 3. The third-order valence-corrected chi connectivity index (χ3v) is 5.16. The molecule has 3 rings (SSSR count). The van der Waals surface area contributed by atoms with E-state index in [0.717, 1.165) is 6.07 Å².